The van der Waals surface area contributed by atoms with Crippen LogP contribution in [0.15, 0.2) is 24.4 Å². The number of hydrogen-bond donors (Lipinski definition) is 2. The van der Waals surface area contributed by atoms with E-state index in [9.17, 15) is 13.6 Å². The topological polar surface area (TPSA) is 84.7 Å². The number of halogens is 2. The summed E-state index contributed by atoms with van der Waals surface area (Å²) in [6, 6.07) is 4.44. The number of carbonyl (C=O) groups is 1. The lowest BCUT2D eigenvalue weighted by Crippen LogP contribution is -2.29. The summed E-state index contributed by atoms with van der Waals surface area (Å²) in [6.45, 7) is 3.86. The first-order chi connectivity index (χ1) is 13.6. The van der Waals surface area contributed by atoms with Gasteiger partial charge < -0.3 is 10.6 Å². The third-order valence-corrected chi connectivity index (χ3v) is 4.95. The van der Waals surface area contributed by atoms with Crippen LogP contribution in [0.2, 0.25) is 0 Å². The number of carbonyl (C=O) groups excluding carboxylic acids is 1. The number of nitrogens with one attached hydrogen (secondary N) is 2. The maximum Gasteiger partial charge on any atom is 0.254 e. The fourth-order valence-electron chi connectivity index (χ4n) is 3.49. The minimum Gasteiger partial charge on any atom is -0.352 e. The second-order valence-corrected chi connectivity index (χ2v) is 6.72. The van der Waals surface area contributed by atoms with E-state index in [0.29, 0.717) is 12.1 Å². The van der Waals surface area contributed by atoms with Crippen LogP contribution in [0.25, 0.3) is 22.3 Å². The van der Waals surface area contributed by atoms with Crippen LogP contribution in [0.5, 0.6) is 0 Å². The summed E-state index contributed by atoms with van der Waals surface area (Å²) in [7, 11) is 0. The highest BCUT2D eigenvalue weighted by Gasteiger charge is 2.22. The van der Waals surface area contributed by atoms with Gasteiger partial charge in [-0.25, -0.2) is 13.5 Å². The first-order valence-electron chi connectivity index (χ1n) is 9.28. The van der Waals surface area contributed by atoms with Crippen molar-refractivity contribution in [2.45, 2.75) is 25.8 Å². The first kappa shape index (κ1) is 18.4. The number of nitrogens with zero attached hydrogens (tertiary/aromatic N) is 4. The zero-order chi connectivity index (χ0) is 19.7. The van der Waals surface area contributed by atoms with Crippen LogP contribution < -0.4 is 10.6 Å². The quantitative estimate of drug-likeness (QED) is 0.720. The predicted octanol–water partition coefficient (Wildman–Crippen LogP) is 2.45. The second kappa shape index (κ2) is 7.59. The van der Waals surface area contributed by atoms with Crippen LogP contribution in [0.4, 0.5) is 8.78 Å². The zero-order valence-corrected chi connectivity index (χ0v) is 15.4. The molecule has 9 heteroatoms. The molecule has 0 bridgehead atoms. The zero-order valence-electron chi connectivity index (χ0n) is 15.4. The van der Waals surface area contributed by atoms with Gasteiger partial charge in [-0.2, -0.15) is 0 Å². The second-order valence-electron chi connectivity index (χ2n) is 6.72. The van der Waals surface area contributed by atoms with E-state index in [1.54, 1.807) is 19.2 Å². The summed E-state index contributed by atoms with van der Waals surface area (Å²) >= 11 is 0. The molecule has 2 aromatic heterocycles. The molecule has 1 aromatic carbocycles. The molecule has 1 aliphatic heterocycles. The van der Waals surface area contributed by atoms with Crippen molar-refractivity contribution in [2.75, 3.05) is 19.6 Å². The maximum absolute atomic E-state index is 14.6. The van der Waals surface area contributed by atoms with Crippen molar-refractivity contribution in [2.24, 2.45) is 0 Å². The molecule has 3 aromatic rings. The Morgan fingerprint density at radius 2 is 2.07 bits per heavy atom. The van der Waals surface area contributed by atoms with Crippen molar-refractivity contribution in [1.82, 2.24) is 30.6 Å². The molecule has 1 fully saturated rings. The van der Waals surface area contributed by atoms with Crippen LogP contribution in [0.1, 0.15) is 36.2 Å². The number of pyridine rings is 1. The Kier molecular flexibility index (Phi) is 4.99. The van der Waals surface area contributed by atoms with Crippen molar-refractivity contribution >= 4 is 16.9 Å². The van der Waals surface area contributed by atoms with Crippen LogP contribution in [-0.4, -0.2) is 45.5 Å². The minimum atomic E-state index is -1.19. The third-order valence-electron chi connectivity index (χ3n) is 4.95. The van der Waals surface area contributed by atoms with Crippen molar-refractivity contribution < 1.29 is 13.6 Å². The molecule has 0 aliphatic carbocycles. The Morgan fingerprint density at radius 3 is 2.82 bits per heavy atom. The number of benzene rings is 1. The Bertz CT molecular complexity index is 1030. The Morgan fingerprint density at radius 1 is 1.29 bits per heavy atom. The van der Waals surface area contributed by atoms with E-state index < -0.39 is 17.5 Å². The fraction of sp³-hybridized carbons (Fsp3) is 0.368. The standard InChI is InChI=1S/C19H20F2N6O/c1-2-23-19(28)13-4-3-12(17(20)18(13)21)14-9-15-16(10-24-14)27(26-25-15)11-5-7-22-8-6-11/h3-4,9-11,22H,2,5-8H2,1H3,(H,23,28). The molecule has 0 saturated carbocycles. The van der Waals surface area contributed by atoms with Gasteiger partial charge in [-0.15, -0.1) is 5.10 Å². The van der Waals surface area contributed by atoms with Gasteiger partial charge >= 0.3 is 0 Å². The summed E-state index contributed by atoms with van der Waals surface area (Å²) in [6.07, 6.45) is 3.48. The monoisotopic (exact) mass is 386 g/mol. The van der Waals surface area contributed by atoms with Gasteiger partial charge in [0.2, 0.25) is 0 Å². The molecular formula is C19H20F2N6O. The molecule has 2 N–H and O–H groups in total. The van der Waals surface area contributed by atoms with Gasteiger partial charge in [0.25, 0.3) is 5.91 Å². The van der Waals surface area contributed by atoms with Crippen LogP contribution in [0.3, 0.4) is 0 Å². The highest BCUT2D eigenvalue weighted by Crippen LogP contribution is 2.28. The third kappa shape index (κ3) is 3.22. The molecule has 3 heterocycles. The summed E-state index contributed by atoms with van der Waals surface area (Å²) in [5, 5.41) is 14.2. The van der Waals surface area contributed by atoms with E-state index in [1.807, 2.05) is 4.68 Å². The Hall–Kier alpha value is -2.94. The summed E-state index contributed by atoms with van der Waals surface area (Å²) in [5.41, 5.74) is 1.21. The van der Waals surface area contributed by atoms with E-state index >= 15 is 0 Å². The van der Waals surface area contributed by atoms with Crippen molar-refractivity contribution in [3.63, 3.8) is 0 Å². The van der Waals surface area contributed by atoms with Gasteiger partial charge in [-0.05, 0) is 51.1 Å². The SMILES string of the molecule is CCNC(=O)c1ccc(-c2cc3nnn(C4CCNCC4)c3cn2)c(F)c1F. The lowest BCUT2D eigenvalue weighted by Gasteiger charge is -2.22. The number of fused-ring (bicyclic) bond motifs is 1. The molecule has 28 heavy (non-hydrogen) atoms. The minimum absolute atomic E-state index is 0.0242. The summed E-state index contributed by atoms with van der Waals surface area (Å²) < 4.78 is 30.8. The molecule has 1 saturated heterocycles. The van der Waals surface area contributed by atoms with Gasteiger partial charge in [0.05, 0.1) is 23.5 Å². The summed E-state index contributed by atoms with van der Waals surface area (Å²) in [5.74, 6) is -2.95. The molecule has 0 atom stereocenters. The first-order valence-corrected chi connectivity index (χ1v) is 9.28. The summed E-state index contributed by atoms with van der Waals surface area (Å²) in [4.78, 5) is 16.1. The molecule has 0 spiro atoms. The van der Waals surface area contributed by atoms with Crippen molar-refractivity contribution in [3.05, 3.63) is 41.6 Å². The molecular weight excluding hydrogens is 366 g/mol. The van der Waals surface area contributed by atoms with E-state index in [-0.39, 0.29) is 22.9 Å². The largest absolute Gasteiger partial charge is 0.352 e. The van der Waals surface area contributed by atoms with Gasteiger partial charge in [-0.1, -0.05) is 5.21 Å². The smallest absolute Gasteiger partial charge is 0.254 e. The van der Waals surface area contributed by atoms with E-state index in [4.69, 9.17) is 0 Å². The molecule has 4 rings (SSSR count). The average molecular weight is 386 g/mol. The lowest BCUT2D eigenvalue weighted by molar-refractivity contribution is 0.0951. The number of rotatable bonds is 4. The number of amides is 1. The van der Waals surface area contributed by atoms with Gasteiger partial charge in [-0.3, -0.25) is 9.78 Å². The van der Waals surface area contributed by atoms with E-state index in [0.717, 1.165) is 31.4 Å². The molecule has 0 unspecified atom stereocenters. The Balaban J connectivity index is 1.70. The van der Waals surface area contributed by atoms with Crippen LogP contribution in [-0.2, 0) is 0 Å². The van der Waals surface area contributed by atoms with Crippen LogP contribution >= 0.6 is 0 Å². The molecule has 1 amide bonds. The molecule has 7 nitrogen and oxygen atoms in total. The molecule has 146 valence electrons. The normalized spacial score (nSPS) is 15.1. The van der Waals surface area contributed by atoms with Gasteiger partial charge in [0, 0.05) is 12.1 Å². The molecule has 1 aliphatic rings. The van der Waals surface area contributed by atoms with Crippen molar-refractivity contribution in [3.8, 4) is 11.3 Å². The van der Waals surface area contributed by atoms with Crippen molar-refractivity contribution in [1.29, 1.82) is 0 Å². The Labute approximate surface area is 160 Å². The highest BCUT2D eigenvalue weighted by atomic mass is 19.2. The van der Waals surface area contributed by atoms with Crippen LogP contribution in [0, 0.1) is 11.6 Å². The van der Waals surface area contributed by atoms with E-state index in [1.165, 1.54) is 12.1 Å². The fourth-order valence-corrected chi connectivity index (χ4v) is 3.49. The number of piperidine rings is 1. The average Bonchev–Trinajstić information content (AvgIpc) is 3.14. The van der Waals surface area contributed by atoms with E-state index in [2.05, 4.69) is 25.9 Å². The highest BCUT2D eigenvalue weighted by molar-refractivity contribution is 5.95. The predicted molar refractivity (Wildman–Crippen MR) is 99.8 cm³/mol. The van der Waals surface area contributed by atoms with Gasteiger partial charge in [0.1, 0.15) is 11.0 Å². The lowest BCUT2D eigenvalue weighted by atomic mass is 10.1. The maximum atomic E-state index is 14.6. The molecule has 0 radical (unpaired) electrons. The van der Waals surface area contributed by atoms with Gasteiger partial charge in [0.15, 0.2) is 11.6 Å². The number of hydrogen-bond acceptors (Lipinski definition) is 5. The number of aromatic nitrogens is 4.